The number of benzene rings is 1. The Kier molecular flexibility index (Phi) is 3.32. The van der Waals surface area contributed by atoms with Crippen LogP contribution in [0.25, 0.3) is 0 Å². The number of fused-ring (bicyclic) bond motifs is 1. The highest BCUT2D eigenvalue weighted by molar-refractivity contribution is 6.30. The lowest BCUT2D eigenvalue weighted by atomic mass is 10.0. The molecule has 5 heteroatoms. The fourth-order valence-corrected chi connectivity index (χ4v) is 2.56. The Morgan fingerprint density at radius 2 is 2.00 bits per heavy atom. The van der Waals surface area contributed by atoms with Crippen LogP contribution in [0.5, 0.6) is 0 Å². The second-order valence-electron chi connectivity index (χ2n) is 4.79. The van der Waals surface area contributed by atoms with E-state index < -0.39 is 5.97 Å². The maximum Gasteiger partial charge on any atom is 0.354 e. The molecule has 1 aromatic carbocycles. The van der Waals surface area contributed by atoms with Crippen LogP contribution in [0.1, 0.15) is 21.6 Å². The first kappa shape index (κ1) is 12.9. The SMILES string of the molecule is O=C(O)c1cc2c(cn1)CN(c1ccc(Cl)cc1)CC2. The molecule has 3 rings (SSSR count). The number of pyridine rings is 1. The van der Waals surface area contributed by atoms with E-state index >= 15 is 0 Å². The number of hydrogen-bond acceptors (Lipinski definition) is 3. The zero-order valence-corrected chi connectivity index (χ0v) is 11.5. The van der Waals surface area contributed by atoms with Gasteiger partial charge in [0.1, 0.15) is 5.69 Å². The molecule has 0 unspecified atom stereocenters. The molecule has 1 aliphatic rings. The summed E-state index contributed by atoms with van der Waals surface area (Å²) in [5.74, 6) is -0.979. The lowest BCUT2D eigenvalue weighted by Crippen LogP contribution is -2.30. The summed E-state index contributed by atoms with van der Waals surface area (Å²) in [5, 5.41) is 9.68. The smallest absolute Gasteiger partial charge is 0.354 e. The quantitative estimate of drug-likeness (QED) is 0.923. The first-order chi connectivity index (χ1) is 9.63. The number of carbonyl (C=O) groups is 1. The van der Waals surface area contributed by atoms with Crippen LogP contribution in [0.4, 0.5) is 5.69 Å². The Morgan fingerprint density at radius 3 is 2.70 bits per heavy atom. The van der Waals surface area contributed by atoms with Crippen molar-refractivity contribution in [3.63, 3.8) is 0 Å². The Labute approximate surface area is 121 Å². The Bertz CT molecular complexity index is 655. The third-order valence-electron chi connectivity index (χ3n) is 3.51. The standard InChI is InChI=1S/C15H13ClN2O2/c16-12-1-3-13(4-2-12)18-6-5-10-7-14(15(19)20)17-8-11(10)9-18/h1-4,7-8H,5-6,9H2,(H,19,20). The van der Waals surface area contributed by atoms with Crippen molar-refractivity contribution in [1.29, 1.82) is 0 Å². The molecular weight excluding hydrogens is 276 g/mol. The summed E-state index contributed by atoms with van der Waals surface area (Å²) in [6.45, 7) is 1.60. The van der Waals surface area contributed by atoms with Crippen molar-refractivity contribution in [1.82, 2.24) is 4.98 Å². The van der Waals surface area contributed by atoms with Crippen molar-refractivity contribution in [3.8, 4) is 0 Å². The lowest BCUT2D eigenvalue weighted by Gasteiger charge is -2.30. The average molecular weight is 289 g/mol. The van der Waals surface area contributed by atoms with Crippen LogP contribution in [0.3, 0.4) is 0 Å². The van der Waals surface area contributed by atoms with Crippen LogP contribution in [0, 0.1) is 0 Å². The first-order valence-electron chi connectivity index (χ1n) is 6.35. The Hall–Kier alpha value is -2.07. The molecule has 0 saturated carbocycles. The van der Waals surface area contributed by atoms with Crippen LogP contribution in [0.2, 0.25) is 5.02 Å². The van der Waals surface area contributed by atoms with E-state index in [2.05, 4.69) is 9.88 Å². The van der Waals surface area contributed by atoms with Crippen LogP contribution >= 0.6 is 11.6 Å². The molecule has 1 aliphatic heterocycles. The number of carboxylic acid groups (broad SMARTS) is 1. The highest BCUT2D eigenvalue weighted by Crippen LogP contribution is 2.25. The van der Waals surface area contributed by atoms with Crippen molar-refractivity contribution in [3.05, 3.63) is 58.4 Å². The van der Waals surface area contributed by atoms with Crippen LogP contribution in [-0.4, -0.2) is 22.6 Å². The molecular formula is C15H13ClN2O2. The molecule has 2 aromatic rings. The minimum Gasteiger partial charge on any atom is -0.477 e. The molecule has 102 valence electrons. The summed E-state index contributed by atoms with van der Waals surface area (Å²) in [5.41, 5.74) is 3.38. The highest BCUT2D eigenvalue weighted by atomic mass is 35.5. The Morgan fingerprint density at radius 1 is 1.25 bits per heavy atom. The van der Waals surface area contributed by atoms with Gasteiger partial charge in [-0.15, -0.1) is 0 Å². The molecule has 1 N–H and O–H groups in total. The predicted octanol–water partition coefficient (Wildman–Crippen LogP) is 3.00. The molecule has 0 fully saturated rings. The number of aromatic carboxylic acids is 1. The number of nitrogens with zero attached hydrogens (tertiary/aromatic N) is 2. The zero-order valence-electron chi connectivity index (χ0n) is 10.7. The van der Waals surface area contributed by atoms with Crippen LogP contribution in [0.15, 0.2) is 36.5 Å². The molecule has 1 aromatic heterocycles. The van der Waals surface area contributed by atoms with Gasteiger partial charge in [0.05, 0.1) is 0 Å². The summed E-state index contributed by atoms with van der Waals surface area (Å²) >= 11 is 5.89. The second-order valence-corrected chi connectivity index (χ2v) is 5.23. The monoisotopic (exact) mass is 288 g/mol. The largest absolute Gasteiger partial charge is 0.477 e. The maximum atomic E-state index is 10.9. The van der Waals surface area contributed by atoms with Gasteiger partial charge in [-0.3, -0.25) is 0 Å². The fourth-order valence-electron chi connectivity index (χ4n) is 2.43. The minimum atomic E-state index is -0.979. The lowest BCUT2D eigenvalue weighted by molar-refractivity contribution is 0.0690. The molecule has 0 radical (unpaired) electrons. The topological polar surface area (TPSA) is 53.4 Å². The zero-order chi connectivity index (χ0) is 14.1. The van der Waals surface area contributed by atoms with Gasteiger partial charge in [-0.2, -0.15) is 0 Å². The van der Waals surface area contributed by atoms with Crippen LogP contribution < -0.4 is 4.90 Å². The van der Waals surface area contributed by atoms with E-state index in [0.29, 0.717) is 0 Å². The summed E-state index contributed by atoms with van der Waals surface area (Å²) < 4.78 is 0. The predicted molar refractivity (Wildman–Crippen MR) is 77.4 cm³/mol. The van der Waals surface area contributed by atoms with E-state index in [0.717, 1.165) is 41.3 Å². The third kappa shape index (κ3) is 2.47. The molecule has 0 bridgehead atoms. The van der Waals surface area contributed by atoms with Crippen LogP contribution in [-0.2, 0) is 13.0 Å². The van der Waals surface area contributed by atoms with E-state index in [-0.39, 0.29) is 5.69 Å². The summed E-state index contributed by atoms with van der Waals surface area (Å²) in [6.07, 6.45) is 2.49. The highest BCUT2D eigenvalue weighted by Gasteiger charge is 2.18. The van der Waals surface area contributed by atoms with Gasteiger partial charge < -0.3 is 10.0 Å². The van der Waals surface area contributed by atoms with Crippen molar-refractivity contribution < 1.29 is 9.90 Å². The first-order valence-corrected chi connectivity index (χ1v) is 6.73. The van der Waals surface area contributed by atoms with Gasteiger partial charge in [-0.25, -0.2) is 9.78 Å². The summed E-state index contributed by atoms with van der Waals surface area (Å²) in [7, 11) is 0. The number of carboxylic acids is 1. The number of anilines is 1. The maximum absolute atomic E-state index is 10.9. The van der Waals surface area contributed by atoms with Crippen molar-refractivity contribution in [2.75, 3.05) is 11.4 Å². The van der Waals surface area contributed by atoms with E-state index in [1.807, 2.05) is 24.3 Å². The molecule has 0 amide bonds. The van der Waals surface area contributed by atoms with Gasteiger partial charge in [-0.1, -0.05) is 11.6 Å². The van der Waals surface area contributed by atoms with Crippen molar-refractivity contribution in [2.24, 2.45) is 0 Å². The third-order valence-corrected chi connectivity index (χ3v) is 3.76. The van der Waals surface area contributed by atoms with E-state index in [9.17, 15) is 4.79 Å². The Balaban J connectivity index is 1.85. The normalized spacial score (nSPS) is 13.9. The number of hydrogen-bond donors (Lipinski definition) is 1. The molecule has 0 saturated heterocycles. The molecule has 0 aliphatic carbocycles. The minimum absolute atomic E-state index is 0.115. The van der Waals surface area contributed by atoms with Gasteiger partial charge in [0.2, 0.25) is 0 Å². The molecule has 0 atom stereocenters. The number of rotatable bonds is 2. The fraction of sp³-hybridized carbons (Fsp3) is 0.200. The van der Waals surface area contributed by atoms with Crippen molar-refractivity contribution in [2.45, 2.75) is 13.0 Å². The molecule has 20 heavy (non-hydrogen) atoms. The summed E-state index contributed by atoms with van der Waals surface area (Å²) in [4.78, 5) is 17.1. The summed E-state index contributed by atoms with van der Waals surface area (Å²) in [6, 6.07) is 9.41. The number of aromatic nitrogens is 1. The van der Waals surface area contributed by atoms with E-state index in [1.54, 1.807) is 12.3 Å². The second kappa shape index (κ2) is 5.13. The van der Waals surface area contributed by atoms with Gasteiger partial charge in [0, 0.05) is 30.0 Å². The van der Waals surface area contributed by atoms with Gasteiger partial charge in [-0.05, 0) is 47.9 Å². The van der Waals surface area contributed by atoms with Gasteiger partial charge in [0.15, 0.2) is 0 Å². The van der Waals surface area contributed by atoms with Crippen molar-refractivity contribution >= 4 is 23.3 Å². The molecule has 2 heterocycles. The van der Waals surface area contributed by atoms with Gasteiger partial charge in [0.25, 0.3) is 0 Å². The molecule has 4 nitrogen and oxygen atoms in total. The average Bonchev–Trinajstić information content (AvgIpc) is 2.47. The van der Waals surface area contributed by atoms with Gasteiger partial charge >= 0.3 is 5.97 Å². The molecule has 0 spiro atoms. The van der Waals surface area contributed by atoms with E-state index in [4.69, 9.17) is 16.7 Å². The van der Waals surface area contributed by atoms with E-state index in [1.165, 1.54) is 0 Å². The number of halogens is 1.